The van der Waals surface area contributed by atoms with Crippen molar-refractivity contribution in [2.45, 2.75) is 39.2 Å². The van der Waals surface area contributed by atoms with Gasteiger partial charge in [-0.05, 0) is 51.5 Å². The number of amides is 1. The molecular weight excluding hydrogens is 378 g/mol. The van der Waals surface area contributed by atoms with Crippen LogP contribution in [-0.2, 0) is 4.74 Å². The number of hydrogen-bond acceptors (Lipinski definition) is 4. The van der Waals surface area contributed by atoms with Crippen LogP contribution in [0, 0.1) is 11.8 Å². The molecule has 28 heavy (non-hydrogen) atoms. The van der Waals surface area contributed by atoms with Crippen LogP contribution in [0.5, 0.6) is 11.5 Å². The summed E-state index contributed by atoms with van der Waals surface area (Å²) < 4.78 is 11.3. The molecule has 5 nitrogen and oxygen atoms in total. The van der Waals surface area contributed by atoms with Gasteiger partial charge in [-0.3, -0.25) is 5.32 Å². The summed E-state index contributed by atoms with van der Waals surface area (Å²) in [6.07, 6.45) is 0.454. The summed E-state index contributed by atoms with van der Waals surface area (Å²) in [5, 5.41) is 12.0. The van der Waals surface area contributed by atoms with Crippen molar-refractivity contribution in [3.63, 3.8) is 0 Å². The van der Waals surface area contributed by atoms with Gasteiger partial charge < -0.3 is 14.6 Å². The fourth-order valence-electron chi connectivity index (χ4n) is 2.22. The maximum Gasteiger partial charge on any atom is 0.412 e. The van der Waals surface area contributed by atoms with E-state index in [0.717, 1.165) is 0 Å². The molecule has 2 rings (SSSR count). The molecule has 0 radical (unpaired) electrons. The smallest absolute Gasteiger partial charge is 0.412 e. The van der Waals surface area contributed by atoms with E-state index in [1.54, 1.807) is 45.0 Å². The minimum absolute atomic E-state index is 0.0562. The zero-order valence-corrected chi connectivity index (χ0v) is 17.0. The number of carbonyl (C=O) groups is 1. The van der Waals surface area contributed by atoms with Gasteiger partial charge in [0.05, 0.1) is 16.3 Å². The monoisotopic (exact) mass is 401 g/mol. The number of para-hydroxylation sites is 1. The number of carbonyl (C=O) groups excluding carboxylic acids is 1. The molecule has 2 N–H and O–H groups in total. The predicted octanol–water partition coefficient (Wildman–Crippen LogP) is 5.60. The van der Waals surface area contributed by atoms with Crippen molar-refractivity contribution in [2.75, 3.05) is 11.9 Å². The molecule has 0 aromatic heterocycles. The Morgan fingerprint density at radius 2 is 1.89 bits per heavy atom. The van der Waals surface area contributed by atoms with E-state index in [1.165, 1.54) is 0 Å². The van der Waals surface area contributed by atoms with Crippen LogP contribution >= 0.6 is 11.6 Å². The SMILES string of the molecule is CC(C)(C)OC(=O)Nc1ccc(Cl)c(Oc2ccccc2)c1C#CCCCO. The van der Waals surface area contributed by atoms with Gasteiger partial charge in [0.25, 0.3) is 0 Å². The van der Waals surface area contributed by atoms with Crippen LogP contribution < -0.4 is 10.1 Å². The molecule has 0 saturated carbocycles. The minimum Gasteiger partial charge on any atom is -0.454 e. The topological polar surface area (TPSA) is 67.8 Å². The Kier molecular flexibility index (Phi) is 7.74. The highest BCUT2D eigenvalue weighted by molar-refractivity contribution is 6.32. The van der Waals surface area contributed by atoms with E-state index in [4.69, 9.17) is 26.2 Å². The molecule has 0 spiro atoms. The number of nitrogens with one attached hydrogen (secondary N) is 1. The Labute approximate surface area is 170 Å². The molecule has 148 valence electrons. The lowest BCUT2D eigenvalue weighted by Gasteiger charge is -2.20. The lowest BCUT2D eigenvalue weighted by Crippen LogP contribution is -2.27. The third-order valence-corrected chi connectivity index (χ3v) is 3.68. The van der Waals surface area contributed by atoms with E-state index in [1.807, 2.05) is 18.2 Å². The molecule has 0 bridgehead atoms. The molecular formula is C22H24ClNO4. The van der Waals surface area contributed by atoms with Crippen molar-refractivity contribution < 1.29 is 19.4 Å². The highest BCUT2D eigenvalue weighted by Crippen LogP contribution is 2.37. The summed E-state index contributed by atoms with van der Waals surface area (Å²) in [5.74, 6) is 6.92. The minimum atomic E-state index is -0.632. The van der Waals surface area contributed by atoms with Gasteiger partial charge in [-0.2, -0.15) is 0 Å². The predicted molar refractivity (Wildman–Crippen MR) is 111 cm³/mol. The molecule has 0 atom stereocenters. The summed E-state index contributed by atoms with van der Waals surface area (Å²) in [5.41, 5.74) is 0.244. The van der Waals surface area contributed by atoms with Crippen LogP contribution in [0.2, 0.25) is 5.02 Å². The number of benzene rings is 2. The van der Waals surface area contributed by atoms with Crippen LogP contribution in [0.25, 0.3) is 0 Å². The van der Waals surface area contributed by atoms with Crippen molar-refractivity contribution in [1.82, 2.24) is 0 Å². The standard InChI is InChI=1S/C22H24ClNO4/c1-22(2,3)28-21(26)24-19-14-13-18(23)20(17(19)12-8-5-9-15-25)27-16-10-6-4-7-11-16/h4,6-7,10-11,13-14,25H,5,9,15H2,1-3H3,(H,24,26). The average molecular weight is 402 g/mol. The zero-order chi connectivity index (χ0) is 20.6. The van der Waals surface area contributed by atoms with E-state index in [-0.39, 0.29) is 6.61 Å². The summed E-state index contributed by atoms with van der Waals surface area (Å²) >= 11 is 6.36. The maximum atomic E-state index is 12.2. The molecule has 0 saturated heterocycles. The van der Waals surface area contributed by atoms with Gasteiger partial charge in [0, 0.05) is 13.0 Å². The van der Waals surface area contributed by atoms with Crippen LogP contribution in [-0.4, -0.2) is 23.4 Å². The Morgan fingerprint density at radius 1 is 1.18 bits per heavy atom. The van der Waals surface area contributed by atoms with Crippen LogP contribution in [0.4, 0.5) is 10.5 Å². The first-order valence-corrected chi connectivity index (χ1v) is 9.33. The quantitative estimate of drug-likeness (QED) is 0.505. The van der Waals surface area contributed by atoms with E-state index in [0.29, 0.717) is 40.6 Å². The van der Waals surface area contributed by atoms with Crippen molar-refractivity contribution in [2.24, 2.45) is 0 Å². The third kappa shape index (κ3) is 6.80. The van der Waals surface area contributed by atoms with Gasteiger partial charge in [-0.25, -0.2) is 4.79 Å². The molecule has 0 heterocycles. The van der Waals surface area contributed by atoms with Crippen molar-refractivity contribution >= 4 is 23.4 Å². The zero-order valence-electron chi connectivity index (χ0n) is 16.2. The summed E-state index contributed by atoms with van der Waals surface area (Å²) in [7, 11) is 0. The maximum absolute atomic E-state index is 12.2. The Balaban J connectivity index is 2.41. The number of ether oxygens (including phenoxy) is 2. The highest BCUT2D eigenvalue weighted by Gasteiger charge is 2.19. The first-order valence-electron chi connectivity index (χ1n) is 8.95. The van der Waals surface area contributed by atoms with Gasteiger partial charge in [-0.15, -0.1) is 0 Å². The number of rotatable bonds is 5. The van der Waals surface area contributed by atoms with Gasteiger partial charge >= 0.3 is 6.09 Å². The summed E-state index contributed by atoms with van der Waals surface area (Å²) in [4.78, 5) is 12.2. The Hall–Kier alpha value is -2.68. The number of unbranched alkanes of at least 4 members (excludes halogenated alkanes) is 1. The third-order valence-electron chi connectivity index (χ3n) is 3.38. The lowest BCUT2D eigenvalue weighted by molar-refractivity contribution is 0.0636. The van der Waals surface area contributed by atoms with Gasteiger partial charge in [0.1, 0.15) is 11.4 Å². The van der Waals surface area contributed by atoms with Crippen molar-refractivity contribution in [3.05, 3.63) is 53.1 Å². The van der Waals surface area contributed by atoms with Crippen LogP contribution in [0.15, 0.2) is 42.5 Å². The molecule has 2 aromatic rings. The number of aliphatic hydroxyl groups is 1. The van der Waals surface area contributed by atoms with E-state index < -0.39 is 11.7 Å². The molecule has 0 unspecified atom stereocenters. The number of halogens is 1. The molecule has 1 amide bonds. The van der Waals surface area contributed by atoms with Gasteiger partial charge in [0.2, 0.25) is 0 Å². The number of anilines is 1. The summed E-state index contributed by atoms with van der Waals surface area (Å²) in [6.45, 7) is 5.41. The summed E-state index contributed by atoms with van der Waals surface area (Å²) in [6, 6.07) is 12.5. The molecule has 0 fully saturated rings. The highest BCUT2D eigenvalue weighted by atomic mass is 35.5. The van der Waals surface area contributed by atoms with E-state index in [2.05, 4.69) is 17.2 Å². The first-order chi connectivity index (χ1) is 13.3. The number of aliphatic hydroxyl groups excluding tert-OH is 1. The fraction of sp³-hybridized carbons (Fsp3) is 0.318. The van der Waals surface area contributed by atoms with Gasteiger partial charge in [0.15, 0.2) is 5.75 Å². The molecule has 0 aliphatic rings. The molecule has 2 aromatic carbocycles. The second-order valence-corrected chi connectivity index (χ2v) is 7.38. The van der Waals surface area contributed by atoms with Crippen LogP contribution in [0.1, 0.15) is 39.2 Å². The van der Waals surface area contributed by atoms with E-state index >= 15 is 0 Å². The van der Waals surface area contributed by atoms with Gasteiger partial charge in [-0.1, -0.05) is 41.6 Å². The first kappa shape index (κ1) is 21.6. The average Bonchev–Trinajstić information content (AvgIpc) is 2.62. The van der Waals surface area contributed by atoms with Crippen LogP contribution in [0.3, 0.4) is 0 Å². The second kappa shape index (κ2) is 10.0. The molecule has 0 aliphatic carbocycles. The lowest BCUT2D eigenvalue weighted by atomic mass is 10.1. The largest absolute Gasteiger partial charge is 0.454 e. The van der Waals surface area contributed by atoms with Crippen molar-refractivity contribution in [1.29, 1.82) is 0 Å². The number of hydrogen-bond donors (Lipinski definition) is 2. The van der Waals surface area contributed by atoms with E-state index in [9.17, 15) is 4.79 Å². The fourth-order valence-corrected chi connectivity index (χ4v) is 2.42. The second-order valence-electron chi connectivity index (χ2n) is 6.97. The molecule has 6 heteroatoms. The Bertz CT molecular complexity index is 864. The normalized spacial score (nSPS) is 10.6. The Morgan fingerprint density at radius 3 is 2.54 bits per heavy atom. The molecule has 0 aliphatic heterocycles. The van der Waals surface area contributed by atoms with Crippen molar-refractivity contribution in [3.8, 4) is 23.3 Å².